The van der Waals surface area contributed by atoms with Crippen molar-refractivity contribution in [2.75, 3.05) is 18.5 Å². The molecule has 36 heavy (non-hydrogen) atoms. The lowest BCUT2D eigenvalue weighted by Gasteiger charge is -2.13. The second-order valence-corrected chi connectivity index (χ2v) is 8.11. The zero-order chi connectivity index (χ0) is 26.3. The maximum atomic E-state index is 12.9. The summed E-state index contributed by atoms with van der Waals surface area (Å²) in [6.07, 6.45) is -4.73. The molecule has 194 valence electrons. The summed E-state index contributed by atoms with van der Waals surface area (Å²) in [4.78, 5) is 12.3. The van der Waals surface area contributed by atoms with Gasteiger partial charge in [-0.2, -0.15) is 18.3 Å². The molecule has 1 aromatic heterocycles. The minimum atomic E-state index is -4.66. The first kappa shape index (κ1) is 27.2. The maximum Gasteiger partial charge on any atom is 0.436 e. The van der Waals surface area contributed by atoms with Gasteiger partial charge in [-0.15, -0.1) is 0 Å². The highest BCUT2D eigenvalue weighted by Crippen LogP contribution is 2.35. The fourth-order valence-corrected chi connectivity index (χ4v) is 3.58. The molecule has 1 heterocycles. The number of hydrogen-bond acceptors (Lipinski definition) is 5. The first-order valence-electron chi connectivity index (χ1n) is 11.3. The van der Waals surface area contributed by atoms with Crippen LogP contribution in [-0.4, -0.2) is 28.9 Å². The number of nitrogens with one attached hydrogen (secondary N) is 1. The molecule has 0 radical (unpaired) electrons. The fraction of sp³-hybridized carbons (Fsp3) is 0.360. The zero-order valence-electron chi connectivity index (χ0n) is 20.1. The van der Waals surface area contributed by atoms with E-state index in [2.05, 4.69) is 10.4 Å². The average Bonchev–Trinajstić information content (AvgIpc) is 3.13. The van der Waals surface area contributed by atoms with Crippen LogP contribution in [-0.2, 0) is 24.1 Å². The van der Waals surface area contributed by atoms with Gasteiger partial charge in [-0.05, 0) is 62.7 Å². The SMILES string of the molecule is CCOc1ccc(COc2ccc(NC(=O)CCn3nc(C(F)(F)F)c(Cl)c3C)cc2)cc1OCC. The third-order valence-corrected chi connectivity index (χ3v) is 5.56. The Morgan fingerprint density at radius 3 is 2.31 bits per heavy atom. The van der Waals surface area contributed by atoms with E-state index in [1.807, 2.05) is 32.0 Å². The van der Waals surface area contributed by atoms with E-state index in [9.17, 15) is 18.0 Å². The highest BCUT2D eigenvalue weighted by molar-refractivity contribution is 6.31. The molecule has 2 aromatic carbocycles. The van der Waals surface area contributed by atoms with Gasteiger partial charge in [0.2, 0.25) is 5.91 Å². The van der Waals surface area contributed by atoms with E-state index in [4.69, 9.17) is 25.8 Å². The molecule has 3 rings (SSSR count). The Morgan fingerprint density at radius 1 is 1.03 bits per heavy atom. The number of ether oxygens (including phenoxy) is 3. The zero-order valence-corrected chi connectivity index (χ0v) is 20.9. The Labute approximate surface area is 212 Å². The smallest absolute Gasteiger partial charge is 0.436 e. The number of rotatable bonds is 11. The number of anilines is 1. The van der Waals surface area contributed by atoms with Crippen LogP contribution in [0.3, 0.4) is 0 Å². The van der Waals surface area contributed by atoms with Crippen LogP contribution >= 0.6 is 11.6 Å². The first-order chi connectivity index (χ1) is 17.1. The van der Waals surface area contributed by atoms with Gasteiger partial charge in [-0.1, -0.05) is 17.7 Å². The van der Waals surface area contributed by atoms with Gasteiger partial charge in [0, 0.05) is 12.1 Å². The predicted molar refractivity (Wildman–Crippen MR) is 130 cm³/mol. The Morgan fingerprint density at radius 2 is 1.69 bits per heavy atom. The number of aryl methyl sites for hydroxylation is 1. The Bertz CT molecular complexity index is 1180. The highest BCUT2D eigenvalue weighted by Gasteiger charge is 2.38. The van der Waals surface area contributed by atoms with Gasteiger partial charge in [0.15, 0.2) is 17.2 Å². The third kappa shape index (κ3) is 7.07. The number of carbonyl (C=O) groups is 1. The Kier molecular flexibility index (Phi) is 9.08. The molecule has 0 aliphatic rings. The molecule has 11 heteroatoms. The van der Waals surface area contributed by atoms with Crippen LogP contribution in [0.5, 0.6) is 17.2 Å². The number of aromatic nitrogens is 2. The summed E-state index contributed by atoms with van der Waals surface area (Å²) in [6.45, 7) is 6.55. The minimum Gasteiger partial charge on any atom is -0.490 e. The number of halogens is 4. The van der Waals surface area contributed by atoms with Crippen LogP contribution < -0.4 is 19.5 Å². The first-order valence-corrected chi connectivity index (χ1v) is 11.7. The monoisotopic (exact) mass is 525 g/mol. The Balaban J connectivity index is 1.52. The van der Waals surface area contributed by atoms with Crippen LogP contribution in [0, 0.1) is 6.92 Å². The van der Waals surface area contributed by atoms with Crippen molar-refractivity contribution in [3.63, 3.8) is 0 Å². The number of benzene rings is 2. The fourth-order valence-electron chi connectivity index (χ4n) is 3.34. The van der Waals surface area contributed by atoms with Crippen molar-refractivity contribution in [2.45, 2.75) is 46.5 Å². The second-order valence-electron chi connectivity index (χ2n) is 7.73. The van der Waals surface area contributed by atoms with Gasteiger partial charge in [0.1, 0.15) is 12.4 Å². The number of alkyl halides is 3. The molecule has 0 saturated carbocycles. The summed E-state index contributed by atoms with van der Waals surface area (Å²) >= 11 is 5.74. The molecule has 0 bridgehead atoms. The van der Waals surface area contributed by atoms with Gasteiger partial charge in [-0.3, -0.25) is 9.48 Å². The van der Waals surface area contributed by atoms with Crippen LogP contribution in [0.2, 0.25) is 5.02 Å². The van der Waals surface area contributed by atoms with Crippen LogP contribution in [0.25, 0.3) is 0 Å². The molecule has 0 unspecified atom stereocenters. The summed E-state index contributed by atoms with van der Waals surface area (Å²) < 4.78 is 56.9. The molecule has 0 atom stereocenters. The molecule has 1 amide bonds. The summed E-state index contributed by atoms with van der Waals surface area (Å²) in [5, 5.41) is 5.74. The van der Waals surface area contributed by atoms with Crippen molar-refractivity contribution in [3.05, 3.63) is 64.4 Å². The van der Waals surface area contributed by atoms with E-state index < -0.39 is 16.9 Å². The van der Waals surface area contributed by atoms with E-state index in [1.54, 1.807) is 24.3 Å². The molecular formula is C25H27ClF3N3O4. The van der Waals surface area contributed by atoms with Gasteiger partial charge in [-0.25, -0.2) is 0 Å². The Hall–Kier alpha value is -3.40. The summed E-state index contributed by atoms with van der Waals surface area (Å²) in [5.41, 5.74) is 0.427. The highest BCUT2D eigenvalue weighted by atomic mass is 35.5. The van der Waals surface area contributed by atoms with E-state index in [-0.39, 0.29) is 24.6 Å². The number of carbonyl (C=O) groups excluding carboxylic acids is 1. The van der Waals surface area contributed by atoms with E-state index in [1.165, 1.54) is 6.92 Å². The van der Waals surface area contributed by atoms with Crippen molar-refractivity contribution in [2.24, 2.45) is 0 Å². The number of amides is 1. The predicted octanol–water partition coefficient (Wildman–Crippen LogP) is 6.27. The average molecular weight is 526 g/mol. The molecule has 3 aromatic rings. The van der Waals surface area contributed by atoms with Crippen LogP contribution in [0.15, 0.2) is 42.5 Å². The molecule has 7 nitrogen and oxygen atoms in total. The van der Waals surface area contributed by atoms with Crippen LogP contribution in [0.1, 0.15) is 37.2 Å². The second kappa shape index (κ2) is 12.0. The lowest BCUT2D eigenvalue weighted by atomic mass is 10.2. The van der Waals surface area contributed by atoms with Crippen molar-refractivity contribution in [3.8, 4) is 17.2 Å². The van der Waals surface area contributed by atoms with E-state index in [0.29, 0.717) is 42.8 Å². The maximum absolute atomic E-state index is 12.9. The molecule has 0 spiro atoms. The number of hydrogen-bond donors (Lipinski definition) is 1. The van der Waals surface area contributed by atoms with Crippen molar-refractivity contribution in [1.82, 2.24) is 9.78 Å². The van der Waals surface area contributed by atoms with E-state index >= 15 is 0 Å². The normalized spacial score (nSPS) is 11.3. The molecule has 0 aliphatic heterocycles. The topological polar surface area (TPSA) is 74.6 Å². The number of nitrogens with zero attached hydrogens (tertiary/aromatic N) is 2. The quantitative estimate of drug-likeness (QED) is 0.319. The van der Waals surface area contributed by atoms with Crippen LogP contribution in [0.4, 0.5) is 18.9 Å². The molecule has 1 N–H and O–H groups in total. The van der Waals surface area contributed by atoms with Gasteiger partial charge >= 0.3 is 6.18 Å². The van der Waals surface area contributed by atoms with Gasteiger partial charge in [0.05, 0.1) is 30.5 Å². The van der Waals surface area contributed by atoms with Gasteiger partial charge < -0.3 is 19.5 Å². The summed E-state index contributed by atoms with van der Waals surface area (Å²) in [5.74, 6) is 1.55. The lowest BCUT2D eigenvalue weighted by Crippen LogP contribution is -2.16. The third-order valence-electron chi connectivity index (χ3n) is 5.10. The van der Waals surface area contributed by atoms with E-state index in [0.717, 1.165) is 10.2 Å². The minimum absolute atomic E-state index is 0.0412. The van der Waals surface area contributed by atoms with Crippen molar-refractivity contribution in [1.29, 1.82) is 0 Å². The molecule has 0 saturated heterocycles. The standard InChI is InChI=1S/C25H27ClF3N3O4/c1-4-34-20-11-6-17(14-21(20)35-5-2)15-36-19-9-7-18(8-10-19)30-22(33)12-13-32-16(3)23(26)24(31-32)25(27,28)29/h6-11,14H,4-5,12-13,15H2,1-3H3,(H,30,33). The summed E-state index contributed by atoms with van der Waals surface area (Å²) in [7, 11) is 0. The molecule has 0 fully saturated rings. The largest absolute Gasteiger partial charge is 0.490 e. The van der Waals surface area contributed by atoms with Gasteiger partial charge in [0.25, 0.3) is 0 Å². The molecular weight excluding hydrogens is 499 g/mol. The van der Waals surface area contributed by atoms with Crippen molar-refractivity contribution < 1.29 is 32.2 Å². The van der Waals surface area contributed by atoms with Crippen molar-refractivity contribution >= 4 is 23.2 Å². The lowest BCUT2D eigenvalue weighted by molar-refractivity contribution is -0.141. The summed E-state index contributed by atoms with van der Waals surface area (Å²) in [6, 6.07) is 12.4. The molecule has 0 aliphatic carbocycles.